The molecule has 0 fully saturated rings. The first-order valence-corrected chi connectivity index (χ1v) is 8.68. The number of allylic oxidation sites excluding steroid dienone is 3. The number of ether oxygens (including phenoxy) is 1. The number of carbonyl (C=O) groups excluding carboxylic acids is 2. The molecule has 1 heterocycles. The van der Waals surface area contributed by atoms with E-state index in [0.717, 1.165) is 38.9 Å². The van der Waals surface area contributed by atoms with Gasteiger partial charge in [0.05, 0.1) is 12.7 Å². The number of dihydropyridines is 1. The molecule has 1 aliphatic carbocycles. The van der Waals surface area contributed by atoms with E-state index >= 15 is 0 Å². The van der Waals surface area contributed by atoms with Crippen LogP contribution in [-0.2, 0) is 14.3 Å². The minimum absolute atomic E-state index is 0.121. The van der Waals surface area contributed by atoms with E-state index in [1.807, 2.05) is 31.2 Å². The summed E-state index contributed by atoms with van der Waals surface area (Å²) in [5.74, 6) is -0.608. The highest BCUT2D eigenvalue weighted by atomic mass is 127. The Balaban J connectivity index is 2.18. The number of hydrogen-bond donors (Lipinski definition) is 1. The average molecular weight is 423 g/mol. The van der Waals surface area contributed by atoms with Crippen LogP contribution < -0.4 is 5.32 Å². The minimum atomic E-state index is -0.386. The molecule has 2 aliphatic rings. The molecular weight excluding hydrogens is 405 g/mol. The normalized spacial score (nSPS) is 21.0. The molecule has 1 aliphatic heterocycles. The maximum absolute atomic E-state index is 12.6. The first-order valence-electron chi connectivity index (χ1n) is 7.60. The second-order valence-electron chi connectivity index (χ2n) is 5.81. The molecule has 0 radical (unpaired) electrons. The molecule has 1 N–H and O–H groups in total. The predicted molar refractivity (Wildman–Crippen MR) is 95.6 cm³/mol. The molecular formula is C18H18INO3. The number of benzene rings is 1. The number of halogens is 1. The Morgan fingerprint density at radius 2 is 1.96 bits per heavy atom. The highest BCUT2D eigenvalue weighted by Gasteiger charge is 2.38. The largest absolute Gasteiger partial charge is 0.466 e. The molecule has 0 unspecified atom stereocenters. The molecule has 0 aromatic heterocycles. The molecule has 0 spiro atoms. The van der Waals surface area contributed by atoms with Gasteiger partial charge >= 0.3 is 5.97 Å². The van der Waals surface area contributed by atoms with E-state index in [0.29, 0.717) is 12.0 Å². The van der Waals surface area contributed by atoms with Crippen molar-refractivity contribution in [3.05, 3.63) is 55.9 Å². The zero-order valence-corrected chi connectivity index (χ0v) is 15.3. The molecule has 4 nitrogen and oxygen atoms in total. The van der Waals surface area contributed by atoms with Gasteiger partial charge < -0.3 is 10.1 Å². The summed E-state index contributed by atoms with van der Waals surface area (Å²) in [5, 5.41) is 3.26. The van der Waals surface area contributed by atoms with Crippen molar-refractivity contribution in [2.45, 2.75) is 32.1 Å². The summed E-state index contributed by atoms with van der Waals surface area (Å²) in [7, 11) is 1.38. The molecule has 120 valence electrons. The van der Waals surface area contributed by atoms with Crippen molar-refractivity contribution in [2.75, 3.05) is 7.11 Å². The maximum Gasteiger partial charge on any atom is 0.336 e. The number of nitrogens with one attached hydrogen (secondary N) is 1. The molecule has 1 atom stereocenters. The second kappa shape index (κ2) is 6.47. The quantitative estimate of drug-likeness (QED) is 0.585. The number of carbonyl (C=O) groups is 2. The summed E-state index contributed by atoms with van der Waals surface area (Å²) in [6.45, 7) is 1.87. The van der Waals surface area contributed by atoms with Gasteiger partial charge in [-0.3, -0.25) is 4.79 Å². The van der Waals surface area contributed by atoms with Gasteiger partial charge in [-0.25, -0.2) is 4.79 Å². The van der Waals surface area contributed by atoms with Crippen LogP contribution in [0.3, 0.4) is 0 Å². The van der Waals surface area contributed by atoms with Gasteiger partial charge in [-0.05, 0) is 60.1 Å². The Bertz CT molecular complexity index is 731. The lowest BCUT2D eigenvalue weighted by Gasteiger charge is -2.34. The second-order valence-corrected chi connectivity index (χ2v) is 7.05. The van der Waals surface area contributed by atoms with E-state index in [-0.39, 0.29) is 17.7 Å². The van der Waals surface area contributed by atoms with E-state index in [1.54, 1.807) is 0 Å². The molecule has 0 amide bonds. The van der Waals surface area contributed by atoms with Crippen LogP contribution in [0, 0.1) is 3.57 Å². The van der Waals surface area contributed by atoms with Crippen molar-refractivity contribution in [3.8, 4) is 0 Å². The van der Waals surface area contributed by atoms with E-state index in [9.17, 15) is 9.59 Å². The number of hydrogen-bond acceptors (Lipinski definition) is 4. The van der Waals surface area contributed by atoms with Gasteiger partial charge in [0.15, 0.2) is 5.78 Å². The summed E-state index contributed by atoms with van der Waals surface area (Å²) in [6.07, 6.45) is 2.23. The fourth-order valence-corrected chi connectivity index (χ4v) is 3.71. The average Bonchev–Trinajstić information content (AvgIpc) is 2.54. The van der Waals surface area contributed by atoms with Gasteiger partial charge in [0.1, 0.15) is 0 Å². The van der Waals surface area contributed by atoms with Crippen LogP contribution in [-0.4, -0.2) is 18.9 Å². The van der Waals surface area contributed by atoms with Crippen LogP contribution in [0.5, 0.6) is 0 Å². The number of rotatable bonds is 2. The van der Waals surface area contributed by atoms with Crippen molar-refractivity contribution in [2.24, 2.45) is 0 Å². The fourth-order valence-electron chi connectivity index (χ4n) is 3.35. The van der Waals surface area contributed by atoms with Gasteiger partial charge in [-0.1, -0.05) is 12.1 Å². The van der Waals surface area contributed by atoms with Crippen molar-refractivity contribution in [3.63, 3.8) is 0 Å². The SMILES string of the molecule is COC(=O)C1=C(C)NC2=C(C(=O)CCC2)[C@H]1c1ccc(I)cc1. The van der Waals surface area contributed by atoms with Crippen molar-refractivity contribution < 1.29 is 14.3 Å². The molecule has 0 bridgehead atoms. The van der Waals surface area contributed by atoms with Crippen LogP contribution >= 0.6 is 22.6 Å². The molecule has 0 saturated heterocycles. The molecule has 0 saturated carbocycles. The van der Waals surface area contributed by atoms with Gasteiger partial charge in [0.25, 0.3) is 0 Å². The Hall–Kier alpha value is -1.63. The zero-order chi connectivity index (χ0) is 16.6. The van der Waals surface area contributed by atoms with Gasteiger partial charge in [-0.2, -0.15) is 0 Å². The highest BCUT2D eigenvalue weighted by molar-refractivity contribution is 14.1. The number of esters is 1. The summed E-state index contributed by atoms with van der Waals surface area (Å²) in [4.78, 5) is 24.9. The molecule has 1 aromatic rings. The molecule has 3 rings (SSSR count). The smallest absolute Gasteiger partial charge is 0.336 e. The number of Topliss-reactive ketones (excluding diaryl/α,β-unsaturated/α-hetero) is 1. The third kappa shape index (κ3) is 2.94. The first kappa shape index (κ1) is 16.2. The molecule has 1 aromatic carbocycles. The third-order valence-corrected chi connectivity index (χ3v) is 5.10. The van der Waals surface area contributed by atoms with E-state index < -0.39 is 0 Å². The topological polar surface area (TPSA) is 55.4 Å². The summed E-state index contributed by atoms with van der Waals surface area (Å²) >= 11 is 2.24. The first-order chi connectivity index (χ1) is 11.0. The Kier molecular flexibility index (Phi) is 4.57. The van der Waals surface area contributed by atoms with Crippen molar-refractivity contribution in [1.82, 2.24) is 5.32 Å². The van der Waals surface area contributed by atoms with Crippen LogP contribution in [0.15, 0.2) is 46.8 Å². The van der Waals surface area contributed by atoms with Crippen LogP contribution in [0.1, 0.15) is 37.7 Å². The Morgan fingerprint density at radius 3 is 2.61 bits per heavy atom. The van der Waals surface area contributed by atoms with E-state index in [2.05, 4.69) is 27.9 Å². The van der Waals surface area contributed by atoms with E-state index in [4.69, 9.17) is 4.74 Å². The number of methoxy groups -OCH3 is 1. The van der Waals surface area contributed by atoms with Crippen molar-refractivity contribution >= 4 is 34.3 Å². The lowest BCUT2D eigenvalue weighted by molar-refractivity contribution is -0.136. The zero-order valence-electron chi connectivity index (χ0n) is 13.1. The Labute approximate surface area is 149 Å². The van der Waals surface area contributed by atoms with Gasteiger partial charge in [0, 0.05) is 32.9 Å². The van der Waals surface area contributed by atoms with Crippen LogP contribution in [0.2, 0.25) is 0 Å². The molecule has 23 heavy (non-hydrogen) atoms. The van der Waals surface area contributed by atoms with Gasteiger partial charge in [0.2, 0.25) is 0 Å². The Morgan fingerprint density at radius 1 is 1.26 bits per heavy atom. The predicted octanol–water partition coefficient (Wildman–Crippen LogP) is 3.43. The highest BCUT2D eigenvalue weighted by Crippen LogP contribution is 2.42. The standard InChI is InChI=1S/C18H18INO3/c1-10-15(18(22)23-2)16(11-6-8-12(19)9-7-11)17-13(20-10)4-3-5-14(17)21/h6-9,16,20H,3-5H2,1-2H3/t16-/m0/s1. The monoisotopic (exact) mass is 423 g/mol. The van der Waals surface area contributed by atoms with E-state index in [1.165, 1.54) is 7.11 Å². The third-order valence-electron chi connectivity index (χ3n) is 4.38. The lowest BCUT2D eigenvalue weighted by atomic mass is 9.75. The van der Waals surface area contributed by atoms with Crippen molar-refractivity contribution in [1.29, 1.82) is 0 Å². The fraction of sp³-hybridized carbons (Fsp3) is 0.333. The maximum atomic E-state index is 12.6. The minimum Gasteiger partial charge on any atom is -0.466 e. The summed E-state index contributed by atoms with van der Waals surface area (Å²) in [5.41, 5.74) is 3.93. The lowest BCUT2D eigenvalue weighted by Crippen LogP contribution is -2.34. The van der Waals surface area contributed by atoms with Crippen LogP contribution in [0.25, 0.3) is 0 Å². The number of ketones is 1. The molecule has 5 heteroatoms. The van der Waals surface area contributed by atoms with Crippen LogP contribution in [0.4, 0.5) is 0 Å². The summed E-state index contributed by atoms with van der Waals surface area (Å²) in [6, 6.07) is 7.96. The summed E-state index contributed by atoms with van der Waals surface area (Å²) < 4.78 is 6.09. The van der Waals surface area contributed by atoms with Gasteiger partial charge in [-0.15, -0.1) is 0 Å².